The SMILES string of the molecule is Clc1ccc(Br)c(NC2CCc3ccccc32)c1. The van der Waals surface area contributed by atoms with Crippen LogP contribution in [0.25, 0.3) is 0 Å². The minimum Gasteiger partial charge on any atom is -0.377 e. The van der Waals surface area contributed by atoms with Crippen LogP contribution in [0.4, 0.5) is 5.69 Å². The van der Waals surface area contributed by atoms with Gasteiger partial charge in [0.2, 0.25) is 0 Å². The maximum absolute atomic E-state index is 6.04. The van der Waals surface area contributed by atoms with Crippen LogP contribution in [0, 0.1) is 0 Å². The molecule has 1 N–H and O–H groups in total. The number of hydrogen-bond donors (Lipinski definition) is 1. The van der Waals surface area contributed by atoms with Crippen LogP contribution in [-0.4, -0.2) is 0 Å². The molecule has 0 saturated heterocycles. The Morgan fingerprint density at radius 3 is 2.89 bits per heavy atom. The molecule has 1 aliphatic rings. The molecule has 3 rings (SSSR count). The van der Waals surface area contributed by atoms with Gasteiger partial charge in [-0.25, -0.2) is 0 Å². The van der Waals surface area contributed by atoms with Crippen LogP contribution in [0.5, 0.6) is 0 Å². The van der Waals surface area contributed by atoms with Gasteiger partial charge < -0.3 is 5.32 Å². The van der Waals surface area contributed by atoms with Crippen LogP contribution in [-0.2, 0) is 6.42 Å². The molecule has 0 aromatic heterocycles. The molecule has 0 spiro atoms. The zero-order valence-electron chi connectivity index (χ0n) is 9.79. The summed E-state index contributed by atoms with van der Waals surface area (Å²) in [5, 5.41) is 4.33. The summed E-state index contributed by atoms with van der Waals surface area (Å²) in [7, 11) is 0. The molecule has 2 aromatic carbocycles. The smallest absolute Gasteiger partial charge is 0.0520 e. The summed E-state index contributed by atoms with van der Waals surface area (Å²) in [4.78, 5) is 0. The fourth-order valence-corrected chi connectivity index (χ4v) is 3.04. The van der Waals surface area contributed by atoms with Crippen LogP contribution in [0.15, 0.2) is 46.9 Å². The highest BCUT2D eigenvalue weighted by atomic mass is 79.9. The predicted octanol–water partition coefficient (Wildman–Crippen LogP) is 5.20. The van der Waals surface area contributed by atoms with Crippen molar-refractivity contribution in [2.45, 2.75) is 18.9 Å². The lowest BCUT2D eigenvalue weighted by Crippen LogP contribution is -2.07. The van der Waals surface area contributed by atoms with Crippen molar-refractivity contribution in [2.75, 3.05) is 5.32 Å². The summed E-state index contributed by atoms with van der Waals surface area (Å²) in [6.45, 7) is 0. The third-order valence-corrected chi connectivity index (χ3v) is 4.32. The van der Waals surface area contributed by atoms with Crippen molar-refractivity contribution in [1.29, 1.82) is 0 Å². The number of anilines is 1. The first-order valence-electron chi connectivity index (χ1n) is 6.03. The van der Waals surface area contributed by atoms with Gasteiger partial charge in [-0.15, -0.1) is 0 Å². The molecule has 92 valence electrons. The molecular weight excluding hydrogens is 310 g/mol. The molecule has 1 nitrogen and oxygen atoms in total. The first kappa shape index (κ1) is 12.1. The highest BCUT2D eigenvalue weighted by molar-refractivity contribution is 9.10. The average molecular weight is 323 g/mol. The number of benzene rings is 2. The Morgan fingerprint density at radius 1 is 1.17 bits per heavy atom. The van der Waals surface area contributed by atoms with Crippen LogP contribution in [0.1, 0.15) is 23.6 Å². The topological polar surface area (TPSA) is 12.0 Å². The van der Waals surface area contributed by atoms with E-state index in [-0.39, 0.29) is 0 Å². The zero-order valence-corrected chi connectivity index (χ0v) is 12.1. The van der Waals surface area contributed by atoms with E-state index >= 15 is 0 Å². The van der Waals surface area contributed by atoms with Crippen molar-refractivity contribution in [1.82, 2.24) is 0 Å². The van der Waals surface area contributed by atoms with Crippen molar-refractivity contribution in [2.24, 2.45) is 0 Å². The first-order chi connectivity index (χ1) is 8.74. The summed E-state index contributed by atoms with van der Waals surface area (Å²) in [5.41, 5.74) is 3.92. The van der Waals surface area contributed by atoms with E-state index in [4.69, 9.17) is 11.6 Å². The summed E-state index contributed by atoms with van der Waals surface area (Å²) >= 11 is 9.60. The van der Waals surface area contributed by atoms with Gasteiger partial charge in [-0.1, -0.05) is 35.9 Å². The van der Waals surface area contributed by atoms with E-state index in [1.54, 1.807) is 0 Å². The molecule has 0 fully saturated rings. The normalized spacial score (nSPS) is 17.6. The molecule has 2 aromatic rings. The molecule has 18 heavy (non-hydrogen) atoms. The van der Waals surface area contributed by atoms with Gasteiger partial charge in [-0.3, -0.25) is 0 Å². The lowest BCUT2D eigenvalue weighted by atomic mass is 10.1. The molecule has 1 atom stereocenters. The van der Waals surface area contributed by atoms with E-state index in [0.717, 1.165) is 28.0 Å². The molecular formula is C15H13BrClN. The summed E-state index contributed by atoms with van der Waals surface area (Å²) in [5.74, 6) is 0. The van der Waals surface area contributed by atoms with Crippen molar-refractivity contribution < 1.29 is 0 Å². The Bertz CT molecular complexity index is 582. The van der Waals surface area contributed by atoms with Crippen molar-refractivity contribution >= 4 is 33.2 Å². The number of fused-ring (bicyclic) bond motifs is 1. The summed E-state index contributed by atoms with van der Waals surface area (Å²) < 4.78 is 1.05. The van der Waals surface area contributed by atoms with E-state index in [1.807, 2.05) is 18.2 Å². The standard InChI is InChI=1S/C15H13BrClN/c16-13-7-6-11(17)9-15(13)18-14-8-5-10-3-1-2-4-12(10)14/h1-4,6-7,9,14,18H,5,8H2. The number of aryl methyl sites for hydroxylation is 1. The lowest BCUT2D eigenvalue weighted by Gasteiger charge is -2.17. The predicted molar refractivity (Wildman–Crippen MR) is 80.3 cm³/mol. The van der Waals surface area contributed by atoms with Gasteiger partial charge in [0.15, 0.2) is 0 Å². The van der Waals surface area contributed by atoms with E-state index in [9.17, 15) is 0 Å². The third-order valence-electron chi connectivity index (χ3n) is 3.39. The second-order valence-electron chi connectivity index (χ2n) is 4.56. The minimum absolute atomic E-state index is 0.385. The van der Waals surface area contributed by atoms with E-state index < -0.39 is 0 Å². The van der Waals surface area contributed by atoms with E-state index in [0.29, 0.717) is 6.04 Å². The third kappa shape index (κ3) is 2.27. The van der Waals surface area contributed by atoms with Crippen molar-refractivity contribution in [3.63, 3.8) is 0 Å². The molecule has 0 heterocycles. The molecule has 0 aliphatic heterocycles. The Labute approximate surface area is 120 Å². The van der Waals surface area contributed by atoms with Gasteiger partial charge >= 0.3 is 0 Å². The number of rotatable bonds is 2. The largest absolute Gasteiger partial charge is 0.377 e. The van der Waals surface area contributed by atoms with Gasteiger partial charge in [0, 0.05) is 9.50 Å². The fraction of sp³-hybridized carbons (Fsp3) is 0.200. The van der Waals surface area contributed by atoms with Crippen LogP contribution in [0.2, 0.25) is 5.02 Å². The summed E-state index contributed by atoms with van der Waals surface area (Å²) in [6.07, 6.45) is 2.28. The number of nitrogens with one attached hydrogen (secondary N) is 1. The lowest BCUT2D eigenvalue weighted by molar-refractivity contribution is 0.761. The van der Waals surface area contributed by atoms with E-state index in [2.05, 4.69) is 45.5 Å². The zero-order chi connectivity index (χ0) is 12.5. The van der Waals surface area contributed by atoms with Gasteiger partial charge in [0.25, 0.3) is 0 Å². The molecule has 1 aliphatic carbocycles. The fourth-order valence-electron chi connectivity index (χ4n) is 2.50. The quantitative estimate of drug-likeness (QED) is 0.801. The van der Waals surface area contributed by atoms with Crippen LogP contribution in [0.3, 0.4) is 0 Å². The Kier molecular flexibility index (Phi) is 3.31. The molecule has 3 heteroatoms. The second kappa shape index (κ2) is 4.94. The van der Waals surface area contributed by atoms with Crippen molar-refractivity contribution in [3.05, 3.63) is 63.1 Å². The molecule has 0 bridgehead atoms. The van der Waals surface area contributed by atoms with Crippen LogP contribution < -0.4 is 5.32 Å². The molecule has 1 unspecified atom stereocenters. The monoisotopic (exact) mass is 321 g/mol. The maximum Gasteiger partial charge on any atom is 0.0520 e. The van der Waals surface area contributed by atoms with E-state index in [1.165, 1.54) is 11.1 Å². The van der Waals surface area contributed by atoms with Gasteiger partial charge in [-0.2, -0.15) is 0 Å². The highest BCUT2D eigenvalue weighted by Crippen LogP contribution is 2.36. The van der Waals surface area contributed by atoms with Gasteiger partial charge in [0.1, 0.15) is 0 Å². The second-order valence-corrected chi connectivity index (χ2v) is 5.85. The first-order valence-corrected chi connectivity index (χ1v) is 7.20. The average Bonchev–Trinajstić information content (AvgIpc) is 2.78. The Morgan fingerprint density at radius 2 is 2.00 bits per heavy atom. The molecule has 0 radical (unpaired) electrons. The Hall–Kier alpha value is -0.990. The highest BCUT2D eigenvalue weighted by Gasteiger charge is 2.22. The molecule has 0 saturated carbocycles. The van der Waals surface area contributed by atoms with Gasteiger partial charge in [0.05, 0.1) is 11.7 Å². The maximum atomic E-state index is 6.04. The Balaban J connectivity index is 1.88. The number of halogens is 2. The van der Waals surface area contributed by atoms with Crippen LogP contribution >= 0.6 is 27.5 Å². The van der Waals surface area contributed by atoms with Crippen molar-refractivity contribution in [3.8, 4) is 0 Å². The summed E-state index contributed by atoms with van der Waals surface area (Å²) in [6, 6.07) is 14.8. The van der Waals surface area contributed by atoms with Gasteiger partial charge in [-0.05, 0) is 58.1 Å². The molecule has 0 amide bonds. The number of hydrogen-bond acceptors (Lipinski definition) is 1. The minimum atomic E-state index is 0.385.